The molecule has 106 valence electrons. The van der Waals surface area contributed by atoms with Gasteiger partial charge >= 0.3 is 12.1 Å². The van der Waals surface area contributed by atoms with E-state index in [9.17, 15) is 14.7 Å². The second kappa shape index (κ2) is 4.54. The second-order valence-corrected chi connectivity index (χ2v) is 6.37. The lowest BCUT2D eigenvalue weighted by molar-refractivity contribution is -0.149. The molecular weight excluding hydrogens is 246 g/mol. The number of carboxylic acid groups (broad SMARTS) is 1. The number of hydrogen-bond acceptors (Lipinski definition) is 3. The van der Waals surface area contributed by atoms with Crippen LogP contribution >= 0.6 is 0 Å². The smallest absolute Gasteiger partial charge is 0.411 e. The predicted octanol–water partition coefficient (Wildman–Crippen LogP) is 2.42. The molecule has 0 aromatic heterocycles. The molecule has 0 unspecified atom stereocenters. The van der Waals surface area contributed by atoms with E-state index in [4.69, 9.17) is 4.74 Å². The molecule has 0 radical (unpaired) electrons. The number of ether oxygens (including phenoxy) is 1. The van der Waals surface area contributed by atoms with E-state index in [1.165, 1.54) is 4.90 Å². The summed E-state index contributed by atoms with van der Waals surface area (Å²) in [6.45, 7) is 9.29. The fraction of sp³-hybridized carbons (Fsp3) is 0.714. The normalized spacial score (nSPS) is 30.4. The molecule has 5 nitrogen and oxygen atoms in total. The number of hydrogen-bond donors (Lipinski definition) is 1. The molecule has 1 aliphatic carbocycles. The molecule has 2 aliphatic heterocycles. The molecule has 3 fully saturated rings. The molecule has 3 aliphatic rings. The van der Waals surface area contributed by atoms with Crippen molar-refractivity contribution in [2.75, 3.05) is 0 Å². The standard InChI is InChI=1S/C14H21NO4/c1-8-7-9-5-6-10(8)11(12(16)17)15(9)13(18)19-14(2,3)4/h9-11H,1,5-7H2,2-4H3,(H,16,17)/t9-,10+,11-/m1/s1. The van der Waals surface area contributed by atoms with Crippen LogP contribution in [0.1, 0.15) is 40.0 Å². The molecule has 0 aromatic rings. The SMILES string of the molecule is C=C1C[C@H]2CC[C@@H]1[C@H](C(=O)O)N2C(=O)OC(C)(C)C. The molecule has 1 N–H and O–H groups in total. The number of amides is 1. The third-order valence-electron chi connectivity index (χ3n) is 3.76. The minimum absolute atomic E-state index is 0.0894. The summed E-state index contributed by atoms with van der Waals surface area (Å²) in [5.41, 5.74) is 0.330. The first-order valence-corrected chi connectivity index (χ1v) is 6.62. The first-order valence-electron chi connectivity index (χ1n) is 6.62. The topological polar surface area (TPSA) is 66.8 Å². The zero-order chi connectivity index (χ0) is 14.4. The average Bonchev–Trinajstić information content (AvgIpc) is 2.25. The van der Waals surface area contributed by atoms with Crippen LogP contribution in [-0.4, -0.2) is 39.8 Å². The Bertz CT molecular complexity index is 424. The van der Waals surface area contributed by atoms with Crippen molar-refractivity contribution in [3.63, 3.8) is 0 Å². The minimum atomic E-state index is -0.971. The molecule has 5 heteroatoms. The van der Waals surface area contributed by atoms with Crippen molar-refractivity contribution >= 4 is 12.1 Å². The largest absolute Gasteiger partial charge is 0.480 e. The highest BCUT2D eigenvalue weighted by Gasteiger charge is 2.50. The van der Waals surface area contributed by atoms with E-state index in [1.54, 1.807) is 20.8 Å². The van der Waals surface area contributed by atoms with Crippen LogP contribution in [0, 0.1) is 5.92 Å². The van der Waals surface area contributed by atoms with Gasteiger partial charge in [-0.1, -0.05) is 12.2 Å². The molecule has 2 bridgehead atoms. The molecule has 3 atom stereocenters. The Labute approximate surface area is 113 Å². The summed E-state index contributed by atoms with van der Waals surface area (Å²) in [5.74, 6) is -1.11. The van der Waals surface area contributed by atoms with Crippen molar-refractivity contribution in [2.45, 2.75) is 57.7 Å². The monoisotopic (exact) mass is 267 g/mol. The van der Waals surface area contributed by atoms with Gasteiger partial charge in [0.05, 0.1) is 0 Å². The highest BCUT2D eigenvalue weighted by atomic mass is 16.6. The van der Waals surface area contributed by atoms with Gasteiger partial charge in [0.15, 0.2) is 0 Å². The number of aliphatic carboxylic acids is 1. The molecule has 19 heavy (non-hydrogen) atoms. The Morgan fingerprint density at radius 3 is 2.47 bits per heavy atom. The Hall–Kier alpha value is -1.52. The van der Waals surface area contributed by atoms with E-state index in [0.29, 0.717) is 6.42 Å². The van der Waals surface area contributed by atoms with E-state index in [0.717, 1.165) is 18.4 Å². The number of nitrogens with zero attached hydrogens (tertiary/aromatic N) is 1. The Kier molecular flexibility index (Phi) is 3.32. The summed E-state index contributed by atoms with van der Waals surface area (Å²) in [6, 6.07) is -0.914. The van der Waals surface area contributed by atoms with Gasteiger partial charge < -0.3 is 9.84 Å². The lowest BCUT2D eigenvalue weighted by Gasteiger charge is -2.50. The molecule has 1 amide bonds. The van der Waals surface area contributed by atoms with Crippen LogP contribution < -0.4 is 0 Å². The predicted molar refractivity (Wildman–Crippen MR) is 69.8 cm³/mol. The van der Waals surface area contributed by atoms with Crippen molar-refractivity contribution in [2.24, 2.45) is 5.92 Å². The van der Waals surface area contributed by atoms with Crippen LogP contribution in [0.25, 0.3) is 0 Å². The van der Waals surface area contributed by atoms with Gasteiger partial charge in [0.1, 0.15) is 11.6 Å². The highest BCUT2D eigenvalue weighted by molar-refractivity contribution is 5.82. The molecule has 1 saturated carbocycles. The Morgan fingerprint density at radius 1 is 1.37 bits per heavy atom. The highest BCUT2D eigenvalue weighted by Crippen LogP contribution is 2.43. The molecule has 2 heterocycles. The summed E-state index contributed by atoms with van der Waals surface area (Å²) >= 11 is 0. The van der Waals surface area contributed by atoms with Crippen LogP contribution in [0.5, 0.6) is 0 Å². The number of piperidine rings is 2. The molecule has 3 rings (SSSR count). The maximum absolute atomic E-state index is 12.2. The van der Waals surface area contributed by atoms with Gasteiger partial charge in [-0.05, 0) is 40.0 Å². The third kappa shape index (κ3) is 2.60. The van der Waals surface area contributed by atoms with Crippen molar-refractivity contribution in [3.8, 4) is 0 Å². The van der Waals surface area contributed by atoms with Gasteiger partial charge in [-0.2, -0.15) is 0 Å². The van der Waals surface area contributed by atoms with Crippen molar-refractivity contribution in [1.29, 1.82) is 0 Å². The minimum Gasteiger partial charge on any atom is -0.480 e. The van der Waals surface area contributed by atoms with Crippen LogP contribution in [0.3, 0.4) is 0 Å². The number of carbonyl (C=O) groups excluding carboxylic acids is 1. The van der Waals surface area contributed by atoms with Crippen molar-refractivity contribution < 1.29 is 19.4 Å². The van der Waals surface area contributed by atoms with Crippen LogP contribution in [0.2, 0.25) is 0 Å². The first-order chi connectivity index (χ1) is 8.70. The zero-order valence-corrected chi connectivity index (χ0v) is 11.7. The molecule has 2 saturated heterocycles. The lowest BCUT2D eigenvalue weighted by atomic mass is 9.72. The van der Waals surface area contributed by atoms with E-state index >= 15 is 0 Å². The average molecular weight is 267 g/mol. The van der Waals surface area contributed by atoms with Gasteiger partial charge in [-0.15, -0.1) is 0 Å². The van der Waals surface area contributed by atoms with Crippen LogP contribution in [-0.2, 0) is 9.53 Å². The fourth-order valence-corrected chi connectivity index (χ4v) is 3.04. The number of carbonyl (C=O) groups is 2. The van der Waals surface area contributed by atoms with Gasteiger partial charge in [-0.3, -0.25) is 4.90 Å². The molecule has 0 spiro atoms. The fourth-order valence-electron chi connectivity index (χ4n) is 3.04. The number of fused-ring (bicyclic) bond motifs is 3. The van der Waals surface area contributed by atoms with Crippen molar-refractivity contribution in [1.82, 2.24) is 4.90 Å². The summed E-state index contributed by atoms with van der Waals surface area (Å²) in [5, 5.41) is 9.41. The number of carboxylic acids is 1. The second-order valence-electron chi connectivity index (χ2n) is 6.37. The first kappa shape index (κ1) is 13.9. The zero-order valence-electron chi connectivity index (χ0n) is 11.7. The van der Waals surface area contributed by atoms with E-state index in [2.05, 4.69) is 6.58 Å². The Morgan fingerprint density at radius 2 is 2.00 bits per heavy atom. The Balaban J connectivity index is 2.25. The van der Waals surface area contributed by atoms with Crippen LogP contribution in [0.4, 0.5) is 4.79 Å². The number of rotatable bonds is 1. The van der Waals surface area contributed by atoms with Gasteiger partial charge in [-0.25, -0.2) is 9.59 Å². The van der Waals surface area contributed by atoms with Gasteiger partial charge in [0.2, 0.25) is 0 Å². The summed E-state index contributed by atoms with van der Waals surface area (Å²) < 4.78 is 5.34. The van der Waals surface area contributed by atoms with Gasteiger partial charge in [0, 0.05) is 12.0 Å². The summed E-state index contributed by atoms with van der Waals surface area (Å²) in [7, 11) is 0. The third-order valence-corrected chi connectivity index (χ3v) is 3.76. The van der Waals surface area contributed by atoms with E-state index in [1.807, 2.05) is 0 Å². The van der Waals surface area contributed by atoms with E-state index in [-0.39, 0.29) is 12.0 Å². The van der Waals surface area contributed by atoms with E-state index < -0.39 is 23.7 Å². The van der Waals surface area contributed by atoms with Crippen molar-refractivity contribution in [3.05, 3.63) is 12.2 Å². The summed E-state index contributed by atoms with van der Waals surface area (Å²) in [4.78, 5) is 25.1. The maximum Gasteiger partial charge on any atom is 0.411 e. The van der Waals surface area contributed by atoms with Gasteiger partial charge in [0.25, 0.3) is 0 Å². The quantitative estimate of drug-likeness (QED) is 0.741. The lowest BCUT2D eigenvalue weighted by Crippen LogP contribution is -2.61. The molecular formula is C14H21NO4. The summed E-state index contributed by atoms with van der Waals surface area (Å²) in [6.07, 6.45) is 1.78. The molecule has 0 aromatic carbocycles. The maximum atomic E-state index is 12.2. The van der Waals surface area contributed by atoms with Crippen LogP contribution in [0.15, 0.2) is 12.2 Å².